The lowest BCUT2D eigenvalue weighted by atomic mass is 10.1. The number of nitrogens with one attached hydrogen (secondary N) is 1. The summed E-state index contributed by atoms with van der Waals surface area (Å²) >= 11 is 3.83. The third-order valence-electron chi connectivity index (χ3n) is 4.04. The second-order valence-corrected chi connectivity index (χ2v) is 8.61. The number of ether oxygens (including phenoxy) is 3. The molecular weight excluding hydrogens is 398 g/mol. The van der Waals surface area contributed by atoms with Gasteiger partial charge in [0, 0.05) is 22.8 Å². The SMILES string of the molecule is COC(=O)COc1cc(C(=O)Nc2cccc(C3SCCS3)c2)ccc1OC. The number of thioether (sulfide) groups is 2. The van der Waals surface area contributed by atoms with Crippen LogP contribution in [0.4, 0.5) is 5.69 Å². The Kier molecular flexibility index (Phi) is 7.11. The lowest BCUT2D eigenvalue weighted by molar-refractivity contribution is -0.142. The highest BCUT2D eigenvalue weighted by Crippen LogP contribution is 2.45. The van der Waals surface area contributed by atoms with E-state index in [2.05, 4.69) is 16.1 Å². The molecule has 6 nitrogen and oxygen atoms in total. The van der Waals surface area contributed by atoms with Crippen molar-refractivity contribution in [2.24, 2.45) is 0 Å². The maximum atomic E-state index is 12.7. The predicted octanol–water partition coefficient (Wildman–Crippen LogP) is 3.98. The minimum Gasteiger partial charge on any atom is -0.493 e. The van der Waals surface area contributed by atoms with Crippen LogP contribution in [-0.4, -0.2) is 44.2 Å². The van der Waals surface area contributed by atoms with Crippen LogP contribution in [0.25, 0.3) is 0 Å². The van der Waals surface area contributed by atoms with Gasteiger partial charge in [-0.1, -0.05) is 12.1 Å². The Morgan fingerprint density at radius 3 is 2.57 bits per heavy atom. The average molecular weight is 420 g/mol. The molecule has 1 aliphatic heterocycles. The number of hydrogen-bond acceptors (Lipinski definition) is 7. The van der Waals surface area contributed by atoms with Gasteiger partial charge in [-0.15, -0.1) is 23.5 Å². The van der Waals surface area contributed by atoms with Crippen molar-refractivity contribution < 1.29 is 23.8 Å². The molecule has 3 rings (SSSR count). The molecule has 0 unspecified atom stereocenters. The fourth-order valence-electron chi connectivity index (χ4n) is 2.64. The molecule has 2 aromatic carbocycles. The zero-order valence-corrected chi connectivity index (χ0v) is 17.2. The highest BCUT2D eigenvalue weighted by atomic mass is 32.2. The van der Waals surface area contributed by atoms with Crippen LogP contribution in [0.1, 0.15) is 20.5 Å². The smallest absolute Gasteiger partial charge is 0.343 e. The number of anilines is 1. The lowest BCUT2D eigenvalue weighted by Gasteiger charge is -2.13. The maximum Gasteiger partial charge on any atom is 0.343 e. The zero-order valence-electron chi connectivity index (χ0n) is 15.6. The summed E-state index contributed by atoms with van der Waals surface area (Å²) in [5.74, 6) is 2.23. The summed E-state index contributed by atoms with van der Waals surface area (Å²) in [4.78, 5) is 24.0. The van der Waals surface area contributed by atoms with Crippen molar-refractivity contribution >= 4 is 41.1 Å². The van der Waals surface area contributed by atoms with Crippen molar-refractivity contribution in [3.05, 3.63) is 53.6 Å². The summed E-state index contributed by atoms with van der Waals surface area (Å²) in [5.41, 5.74) is 2.33. The molecule has 8 heteroatoms. The summed E-state index contributed by atoms with van der Waals surface area (Å²) in [6, 6.07) is 12.7. The number of carbonyl (C=O) groups excluding carboxylic acids is 2. The van der Waals surface area contributed by atoms with Gasteiger partial charge in [0.15, 0.2) is 18.1 Å². The minimum atomic E-state index is -0.517. The first kappa shape index (κ1) is 20.4. The minimum absolute atomic E-state index is 0.267. The molecule has 28 heavy (non-hydrogen) atoms. The number of rotatable bonds is 7. The van der Waals surface area contributed by atoms with E-state index in [9.17, 15) is 9.59 Å². The number of carbonyl (C=O) groups is 2. The van der Waals surface area contributed by atoms with E-state index in [-0.39, 0.29) is 12.5 Å². The largest absolute Gasteiger partial charge is 0.493 e. The van der Waals surface area contributed by atoms with Crippen molar-refractivity contribution in [3.63, 3.8) is 0 Å². The topological polar surface area (TPSA) is 73.9 Å². The Balaban J connectivity index is 1.73. The standard InChI is InChI=1S/C20H21NO5S2/c1-24-16-7-6-13(11-17(16)26-12-18(22)25-2)19(23)21-15-5-3-4-14(10-15)20-27-8-9-28-20/h3-7,10-11,20H,8-9,12H2,1-2H3,(H,21,23). The third kappa shape index (κ3) is 5.14. The molecule has 0 saturated carbocycles. The Bertz CT molecular complexity index is 852. The van der Waals surface area contributed by atoms with Crippen LogP contribution >= 0.6 is 23.5 Å². The first-order chi connectivity index (χ1) is 13.6. The van der Waals surface area contributed by atoms with Crippen LogP contribution in [0.15, 0.2) is 42.5 Å². The Hall–Kier alpha value is -2.32. The molecule has 148 valence electrons. The molecule has 1 heterocycles. The van der Waals surface area contributed by atoms with Gasteiger partial charge >= 0.3 is 5.97 Å². The van der Waals surface area contributed by atoms with Gasteiger partial charge in [-0.3, -0.25) is 4.79 Å². The summed E-state index contributed by atoms with van der Waals surface area (Å²) in [7, 11) is 2.77. The Labute approximate surface area is 172 Å². The third-order valence-corrected chi connectivity index (χ3v) is 7.14. The fourth-order valence-corrected chi connectivity index (χ4v) is 5.48. The molecule has 1 fully saturated rings. The second kappa shape index (κ2) is 9.75. The van der Waals surface area contributed by atoms with Gasteiger partial charge in [0.25, 0.3) is 5.91 Å². The fraction of sp³-hybridized carbons (Fsp3) is 0.300. The van der Waals surface area contributed by atoms with E-state index in [1.54, 1.807) is 18.2 Å². The molecular formula is C20H21NO5S2. The Morgan fingerprint density at radius 2 is 1.86 bits per heavy atom. The van der Waals surface area contributed by atoms with Crippen LogP contribution < -0.4 is 14.8 Å². The number of benzene rings is 2. The quantitative estimate of drug-likeness (QED) is 0.681. The first-order valence-corrected chi connectivity index (χ1v) is 10.7. The van der Waals surface area contributed by atoms with Gasteiger partial charge in [0.2, 0.25) is 0 Å². The molecule has 1 N–H and O–H groups in total. The number of hydrogen-bond donors (Lipinski definition) is 1. The van der Waals surface area contributed by atoms with E-state index in [4.69, 9.17) is 9.47 Å². The van der Waals surface area contributed by atoms with Gasteiger partial charge in [-0.2, -0.15) is 0 Å². The van der Waals surface area contributed by atoms with E-state index in [1.807, 2.05) is 41.7 Å². The molecule has 0 aliphatic carbocycles. The van der Waals surface area contributed by atoms with Crippen LogP contribution in [-0.2, 0) is 9.53 Å². The summed E-state index contributed by atoms with van der Waals surface area (Å²) in [5, 5.41) is 2.92. The van der Waals surface area contributed by atoms with Gasteiger partial charge in [-0.25, -0.2) is 4.79 Å². The average Bonchev–Trinajstić information content (AvgIpc) is 3.27. The van der Waals surface area contributed by atoms with Gasteiger partial charge in [0.05, 0.1) is 18.8 Å². The van der Waals surface area contributed by atoms with Crippen LogP contribution in [0, 0.1) is 0 Å². The number of amides is 1. The van der Waals surface area contributed by atoms with Crippen LogP contribution in [0.2, 0.25) is 0 Å². The normalized spacial score (nSPS) is 13.8. The number of methoxy groups -OCH3 is 2. The highest BCUT2D eigenvalue weighted by molar-refractivity contribution is 8.19. The highest BCUT2D eigenvalue weighted by Gasteiger charge is 2.19. The molecule has 0 bridgehead atoms. The van der Waals surface area contributed by atoms with Crippen molar-refractivity contribution in [2.75, 3.05) is 37.6 Å². The summed E-state index contributed by atoms with van der Waals surface area (Å²) in [6.07, 6.45) is 0. The van der Waals surface area contributed by atoms with E-state index in [0.717, 1.165) is 17.2 Å². The maximum absolute atomic E-state index is 12.7. The molecule has 0 spiro atoms. The molecule has 1 saturated heterocycles. The molecule has 1 amide bonds. The summed E-state index contributed by atoms with van der Waals surface area (Å²) < 4.78 is 15.6. The van der Waals surface area contributed by atoms with Crippen LogP contribution in [0.5, 0.6) is 11.5 Å². The van der Waals surface area contributed by atoms with E-state index in [0.29, 0.717) is 21.6 Å². The molecule has 1 aliphatic rings. The molecule has 0 radical (unpaired) electrons. The molecule has 2 aromatic rings. The first-order valence-electron chi connectivity index (χ1n) is 8.63. The van der Waals surface area contributed by atoms with E-state index in [1.165, 1.54) is 19.8 Å². The van der Waals surface area contributed by atoms with Crippen molar-refractivity contribution in [2.45, 2.75) is 4.58 Å². The monoisotopic (exact) mass is 419 g/mol. The van der Waals surface area contributed by atoms with Gasteiger partial charge in [-0.05, 0) is 35.9 Å². The predicted molar refractivity (Wildman–Crippen MR) is 113 cm³/mol. The van der Waals surface area contributed by atoms with E-state index >= 15 is 0 Å². The van der Waals surface area contributed by atoms with Gasteiger partial charge < -0.3 is 19.5 Å². The molecule has 0 atom stereocenters. The van der Waals surface area contributed by atoms with Crippen LogP contribution in [0.3, 0.4) is 0 Å². The lowest BCUT2D eigenvalue weighted by Crippen LogP contribution is -2.15. The van der Waals surface area contributed by atoms with E-state index < -0.39 is 5.97 Å². The second-order valence-electron chi connectivity index (χ2n) is 5.88. The van der Waals surface area contributed by atoms with Crippen molar-refractivity contribution in [1.29, 1.82) is 0 Å². The molecule has 0 aromatic heterocycles. The van der Waals surface area contributed by atoms with Gasteiger partial charge in [0.1, 0.15) is 0 Å². The van der Waals surface area contributed by atoms with Crippen molar-refractivity contribution in [3.8, 4) is 11.5 Å². The Morgan fingerprint density at radius 1 is 1.07 bits per heavy atom. The zero-order chi connectivity index (χ0) is 19.9. The number of esters is 1. The van der Waals surface area contributed by atoms with Crippen molar-refractivity contribution in [1.82, 2.24) is 0 Å². The summed E-state index contributed by atoms with van der Waals surface area (Å²) in [6.45, 7) is -0.267.